The molecule has 0 fully saturated rings. The normalized spacial score (nSPS) is 22.1. The highest BCUT2D eigenvalue weighted by Crippen LogP contribution is 2.38. The number of ether oxygens (including phenoxy) is 1. The highest BCUT2D eigenvalue weighted by Gasteiger charge is 2.53. The van der Waals surface area contributed by atoms with Gasteiger partial charge in [0.2, 0.25) is 0 Å². The highest BCUT2D eigenvalue weighted by atomic mass is 79.9. The molecule has 1 unspecified atom stereocenters. The molecule has 0 saturated carbocycles. The third-order valence-corrected chi connectivity index (χ3v) is 5.90. The van der Waals surface area contributed by atoms with Crippen molar-refractivity contribution in [2.45, 2.75) is 31.4 Å². The van der Waals surface area contributed by atoms with E-state index in [1.807, 2.05) is 48.5 Å². The van der Waals surface area contributed by atoms with Crippen LogP contribution in [0.2, 0.25) is 0 Å². The van der Waals surface area contributed by atoms with Gasteiger partial charge in [-0.15, -0.1) is 0 Å². The summed E-state index contributed by atoms with van der Waals surface area (Å²) in [5.41, 5.74) is 0.842. The second-order valence-electron chi connectivity index (χ2n) is 7.01. The summed E-state index contributed by atoms with van der Waals surface area (Å²) in [6, 6.07) is 16.0. The Bertz CT molecular complexity index is 821. The Labute approximate surface area is 179 Å². The number of hydrogen-bond donors (Lipinski definition) is 1. The first kappa shape index (κ1) is 20.4. The molecule has 1 N–H and O–H groups in total. The molecular formula is C21H24Br2N2O2. The van der Waals surface area contributed by atoms with Crippen LogP contribution in [-0.4, -0.2) is 35.7 Å². The van der Waals surface area contributed by atoms with Gasteiger partial charge in [-0.05, 0) is 55.7 Å². The zero-order chi connectivity index (χ0) is 18.1. The first-order valence-electron chi connectivity index (χ1n) is 9.15. The van der Waals surface area contributed by atoms with Crippen molar-refractivity contribution in [2.75, 3.05) is 25.1 Å². The van der Waals surface area contributed by atoms with Crippen molar-refractivity contribution in [1.29, 1.82) is 0 Å². The van der Waals surface area contributed by atoms with Crippen molar-refractivity contribution < 1.29 is 31.4 Å². The van der Waals surface area contributed by atoms with Crippen LogP contribution in [0.4, 0.5) is 5.69 Å². The topological polar surface area (TPSA) is 35.7 Å². The minimum absolute atomic E-state index is 0. The van der Waals surface area contributed by atoms with Gasteiger partial charge in [-0.2, -0.15) is 4.90 Å². The second-order valence-corrected chi connectivity index (χ2v) is 7.92. The van der Waals surface area contributed by atoms with Crippen LogP contribution in [0.1, 0.15) is 31.2 Å². The molecule has 0 spiro atoms. The summed E-state index contributed by atoms with van der Waals surface area (Å²) in [6.07, 6.45) is 4.57. The summed E-state index contributed by atoms with van der Waals surface area (Å²) in [5, 5.41) is 11.8. The van der Waals surface area contributed by atoms with E-state index in [4.69, 9.17) is 4.74 Å². The molecule has 27 heavy (non-hydrogen) atoms. The van der Waals surface area contributed by atoms with E-state index in [2.05, 4.69) is 25.4 Å². The van der Waals surface area contributed by atoms with Gasteiger partial charge in [0.05, 0.1) is 13.7 Å². The van der Waals surface area contributed by atoms with Crippen LogP contribution >= 0.6 is 15.9 Å². The molecule has 0 radical (unpaired) electrons. The van der Waals surface area contributed by atoms with Crippen molar-refractivity contribution >= 4 is 27.5 Å². The standard InChI is InChI=1S/C21H24BrN2O2.BrH/c1-26-19-12-10-18(11-13-19)24-20-5-3-2-4-14-23(20)15-21(24,25)16-6-8-17(22)9-7-16;/h6-13,25H,2-5,14-15H2,1H3;1H/q+1;/p-1. The summed E-state index contributed by atoms with van der Waals surface area (Å²) in [4.78, 5) is 2.13. The Morgan fingerprint density at radius 1 is 1.04 bits per heavy atom. The van der Waals surface area contributed by atoms with Crippen LogP contribution in [0.25, 0.3) is 0 Å². The van der Waals surface area contributed by atoms with Crippen LogP contribution in [-0.2, 0) is 5.72 Å². The van der Waals surface area contributed by atoms with Crippen molar-refractivity contribution in [1.82, 2.24) is 0 Å². The third kappa shape index (κ3) is 3.80. The van der Waals surface area contributed by atoms with E-state index < -0.39 is 5.72 Å². The molecule has 0 aromatic heterocycles. The maximum absolute atomic E-state index is 11.8. The average Bonchev–Trinajstić information content (AvgIpc) is 2.79. The first-order chi connectivity index (χ1) is 12.6. The molecule has 1 atom stereocenters. The minimum atomic E-state index is -1.07. The number of benzene rings is 2. The summed E-state index contributed by atoms with van der Waals surface area (Å²) >= 11 is 3.49. The Balaban J connectivity index is 0.00000210. The molecule has 144 valence electrons. The van der Waals surface area contributed by atoms with E-state index in [1.54, 1.807) is 7.11 Å². The van der Waals surface area contributed by atoms with Gasteiger partial charge in [0, 0.05) is 16.5 Å². The zero-order valence-corrected chi connectivity index (χ0v) is 18.5. The largest absolute Gasteiger partial charge is 1.00 e. The van der Waals surface area contributed by atoms with Crippen LogP contribution in [0, 0.1) is 0 Å². The van der Waals surface area contributed by atoms with Gasteiger partial charge in [0.1, 0.15) is 11.4 Å². The predicted molar refractivity (Wildman–Crippen MR) is 107 cm³/mol. The quantitative estimate of drug-likeness (QED) is 0.648. The summed E-state index contributed by atoms with van der Waals surface area (Å²) in [6.45, 7) is 1.59. The van der Waals surface area contributed by atoms with Crippen LogP contribution in [0.15, 0.2) is 53.0 Å². The number of methoxy groups -OCH3 is 1. The molecule has 2 aliphatic rings. The van der Waals surface area contributed by atoms with Gasteiger partial charge in [-0.25, -0.2) is 0 Å². The fourth-order valence-electron chi connectivity index (χ4n) is 4.05. The van der Waals surface area contributed by atoms with Crippen molar-refractivity contribution in [3.63, 3.8) is 0 Å². The van der Waals surface area contributed by atoms with E-state index in [0.717, 1.165) is 40.9 Å². The molecule has 0 saturated heterocycles. The lowest BCUT2D eigenvalue weighted by Gasteiger charge is -2.29. The maximum atomic E-state index is 11.8. The monoisotopic (exact) mass is 494 g/mol. The number of anilines is 1. The van der Waals surface area contributed by atoms with E-state index >= 15 is 0 Å². The van der Waals surface area contributed by atoms with Gasteiger partial charge < -0.3 is 26.8 Å². The van der Waals surface area contributed by atoms with E-state index in [0.29, 0.717) is 6.54 Å². The third-order valence-electron chi connectivity index (χ3n) is 5.37. The average molecular weight is 496 g/mol. The molecule has 2 heterocycles. The number of nitrogens with zero attached hydrogens (tertiary/aromatic N) is 2. The van der Waals surface area contributed by atoms with Gasteiger partial charge in [0.25, 0.3) is 11.6 Å². The molecule has 4 nitrogen and oxygen atoms in total. The Kier molecular flexibility index (Phi) is 6.28. The number of aliphatic hydroxyl groups is 1. The Hall–Kier alpha value is -1.37. The highest BCUT2D eigenvalue weighted by molar-refractivity contribution is 9.10. The van der Waals surface area contributed by atoms with Crippen LogP contribution < -0.4 is 26.6 Å². The molecule has 2 aromatic rings. The van der Waals surface area contributed by atoms with E-state index in [1.165, 1.54) is 18.7 Å². The molecular weight excluding hydrogens is 472 g/mol. The lowest BCUT2D eigenvalue weighted by molar-refractivity contribution is -0.534. The first-order valence-corrected chi connectivity index (χ1v) is 9.94. The fourth-order valence-corrected chi connectivity index (χ4v) is 4.32. The zero-order valence-electron chi connectivity index (χ0n) is 15.4. The number of rotatable bonds is 3. The number of amidine groups is 1. The molecule has 4 rings (SSSR count). The lowest BCUT2D eigenvalue weighted by atomic mass is 10.00. The fraction of sp³-hybridized carbons (Fsp3) is 0.381. The molecule has 2 aromatic carbocycles. The van der Waals surface area contributed by atoms with Gasteiger partial charge in [-0.3, -0.25) is 4.58 Å². The summed E-state index contributed by atoms with van der Waals surface area (Å²) in [7, 11) is 1.67. The van der Waals surface area contributed by atoms with Crippen molar-refractivity contribution in [3.8, 4) is 5.75 Å². The van der Waals surface area contributed by atoms with E-state index in [9.17, 15) is 5.11 Å². The van der Waals surface area contributed by atoms with Gasteiger partial charge >= 0.3 is 0 Å². The molecule has 0 amide bonds. The van der Waals surface area contributed by atoms with Crippen molar-refractivity contribution in [3.05, 3.63) is 58.6 Å². The second kappa shape index (κ2) is 8.33. The lowest BCUT2D eigenvalue weighted by Crippen LogP contribution is -3.00. The van der Waals surface area contributed by atoms with Crippen LogP contribution in [0.5, 0.6) is 5.75 Å². The number of hydrogen-bond acceptors (Lipinski definition) is 3. The molecule has 0 aliphatic carbocycles. The van der Waals surface area contributed by atoms with Crippen LogP contribution in [0.3, 0.4) is 0 Å². The Morgan fingerprint density at radius 2 is 1.74 bits per heavy atom. The summed E-state index contributed by atoms with van der Waals surface area (Å²) < 4.78 is 8.68. The predicted octanol–water partition coefficient (Wildman–Crippen LogP) is 1.11. The minimum Gasteiger partial charge on any atom is -1.00 e. The molecule has 6 heteroatoms. The maximum Gasteiger partial charge on any atom is 0.275 e. The van der Waals surface area contributed by atoms with Gasteiger partial charge in [-0.1, -0.05) is 28.1 Å². The van der Waals surface area contributed by atoms with E-state index in [-0.39, 0.29) is 17.0 Å². The smallest absolute Gasteiger partial charge is 0.275 e. The number of halogens is 2. The van der Waals surface area contributed by atoms with Crippen molar-refractivity contribution in [2.24, 2.45) is 0 Å². The SMILES string of the molecule is COc1ccc(N2C3=[N+](CCCCC3)CC2(O)c2ccc(Br)cc2)cc1.[Br-]. The Morgan fingerprint density at radius 3 is 2.41 bits per heavy atom. The summed E-state index contributed by atoms with van der Waals surface area (Å²) in [5.74, 6) is 2.04. The molecule has 2 aliphatic heterocycles. The van der Waals surface area contributed by atoms with Gasteiger partial charge in [0.15, 0.2) is 6.54 Å². The molecule has 0 bridgehead atoms.